The number of ketones is 1. The number of carboxylic acids is 2. The Morgan fingerprint density at radius 1 is 1.00 bits per heavy atom. The molecule has 7 nitrogen and oxygen atoms in total. The van der Waals surface area contributed by atoms with Crippen molar-refractivity contribution in [3.8, 4) is 0 Å². The number of benzene rings is 2. The van der Waals surface area contributed by atoms with Crippen LogP contribution in [-0.2, 0) is 16.1 Å². The average molecular weight is 400 g/mol. The molecule has 0 saturated heterocycles. The summed E-state index contributed by atoms with van der Waals surface area (Å²) in [5.41, 5.74) is 1.94. The van der Waals surface area contributed by atoms with Crippen molar-refractivity contribution in [2.75, 3.05) is 0 Å². The Hall–Kier alpha value is -3.58. The Morgan fingerprint density at radius 2 is 1.68 bits per heavy atom. The summed E-state index contributed by atoms with van der Waals surface area (Å²) >= 11 is 6.04. The van der Waals surface area contributed by atoms with Gasteiger partial charge in [0, 0.05) is 40.3 Å². The molecular formula is C20H14ClNO6. The number of aliphatic hydroxyl groups is 1. The number of carboxylic acid groups (broad SMARTS) is 2. The number of halogens is 1. The van der Waals surface area contributed by atoms with Crippen LogP contribution in [0.2, 0.25) is 5.02 Å². The molecular weight excluding hydrogens is 386 g/mol. The minimum Gasteiger partial charge on any atom is -0.507 e. The van der Waals surface area contributed by atoms with Gasteiger partial charge in [-0.1, -0.05) is 23.7 Å². The Labute approximate surface area is 163 Å². The SMILES string of the molecule is O=C(O)C(=O)C=C(O)c1cn(Cc2ccc(C(=O)O)cc2)c2ccc(Cl)cc12. The third-order valence-electron chi connectivity index (χ3n) is 4.15. The predicted molar refractivity (Wildman–Crippen MR) is 103 cm³/mol. The Morgan fingerprint density at radius 3 is 2.29 bits per heavy atom. The van der Waals surface area contributed by atoms with Gasteiger partial charge in [-0.05, 0) is 35.9 Å². The average Bonchev–Trinajstić information content (AvgIpc) is 2.99. The van der Waals surface area contributed by atoms with E-state index in [0.29, 0.717) is 28.5 Å². The summed E-state index contributed by atoms with van der Waals surface area (Å²) in [5, 5.41) is 28.9. The topological polar surface area (TPSA) is 117 Å². The molecule has 3 aromatic rings. The Kier molecular flexibility index (Phi) is 5.19. The molecule has 0 bridgehead atoms. The van der Waals surface area contributed by atoms with Crippen molar-refractivity contribution in [2.24, 2.45) is 0 Å². The van der Waals surface area contributed by atoms with Gasteiger partial charge < -0.3 is 19.9 Å². The lowest BCUT2D eigenvalue weighted by molar-refractivity contribution is -0.146. The minimum atomic E-state index is -1.67. The van der Waals surface area contributed by atoms with Crippen LogP contribution in [0.3, 0.4) is 0 Å². The molecule has 0 aliphatic heterocycles. The number of hydrogen-bond donors (Lipinski definition) is 3. The normalized spacial score (nSPS) is 11.5. The molecule has 0 unspecified atom stereocenters. The summed E-state index contributed by atoms with van der Waals surface area (Å²) < 4.78 is 1.78. The van der Waals surface area contributed by atoms with E-state index in [4.69, 9.17) is 21.8 Å². The predicted octanol–water partition coefficient (Wildman–Crippen LogP) is 3.59. The van der Waals surface area contributed by atoms with Gasteiger partial charge in [-0.25, -0.2) is 9.59 Å². The standard InChI is InChI=1S/C20H14ClNO6/c21-13-5-6-16-14(7-13)15(17(23)8-18(24)20(27)28)10-22(16)9-11-1-3-12(4-2-11)19(25)26/h1-8,10,23H,9H2,(H,25,26)(H,27,28). The quantitative estimate of drug-likeness (QED) is 0.331. The summed E-state index contributed by atoms with van der Waals surface area (Å²) in [4.78, 5) is 33.1. The lowest BCUT2D eigenvalue weighted by atomic mass is 10.1. The molecule has 8 heteroatoms. The smallest absolute Gasteiger partial charge is 0.376 e. The zero-order valence-electron chi connectivity index (χ0n) is 14.3. The highest BCUT2D eigenvalue weighted by Gasteiger charge is 2.16. The maximum atomic E-state index is 11.4. The zero-order chi connectivity index (χ0) is 20.4. The first-order chi connectivity index (χ1) is 13.3. The molecule has 0 saturated carbocycles. The van der Waals surface area contributed by atoms with E-state index >= 15 is 0 Å². The van der Waals surface area contributed by atoms with E-state index in [2.05, 4.69) is 0 Å². The fraction of sp³-hybridized carbons (Fsp3) is 0.0500. The number of aromatic carboxylic acids is 1. The van der Waals surface area contributed by atoms with Crippen LogP contribution in [0.15, 0.2) is 54.7 Å². The number of hydrogen-bond acceptors (Lipinski definition) is 4. The second-order valence-corrected chi connectivity index (χ2v) is 6.47. The van der Waals surface area contributed by atoms with Gasteiger partial charge in [-0.3, -0.25) is 4.79 Å². The molecule has 3 rings (SSSR count). The van der Waals surface area contributed by atoms with Crippen molar-refractivity contribution < 1.29 is 29.7 Å². The molecule has 0 radical (unpaired) electrons. The van der Waals surface area contributed by atoms with Gasteiger partial charge in [-0.15, -0.1) is 0 Å². The summed E-state index contributed by atoms with van der Waals surface area (Å²) in [6, 6.07) is 11.3. The fourth-order valence-corrected chi connectivity index (χ4v) is 2.99. The first-order valence-corrected chi connectivity index (χ1v) is 8.43. The van der Waals surface area contributed by atoms with Gasteiger partial charge in [0.15, 0.2) is 0 Å². The first-order valence-electron chi connectivity index (χ1n) is 8.05. The molecule has 2 aromatic carbocycles. The van der Waals surface area contributed by atoms with E-state index in [9.17, 15) is 19.5 Å². The molecule has 0 amide bonds. The Bertz CT molecular complexity index is 1130. The molecule has 0 spiro atoms. The summed E-state index contributed by atoms with van der Waals surface area (Å²) in [5.74, 6) is -4.43. The molecule has 28 heavy (non-hydrogen) atoms. The van der Waals surface area contributed by atoms with E-state index in [1.807, 2.05) is 0 Å². The molecule has 1 aromatic heterocycles. The van der Waals surface area contributed by atoms with Crippen LogP contribution in [0.25, 0.3) is 16.7 Å². The first kappa shape index (κ1) is 19.2. The highest BCUT2D eigenvalue weighted by atomic mass is 35.5. The van der Waals surface area contributed by atoms with Crippen molar-refractivity contribution in [3.05, 3.63) is 76.5 Å². The van der Waals surface area contributed by atoms with Gasteiger partial charge in [0.25, 0.3) is 5.78 Å². The van der Waals surface area contributed by atoms with Gasteiger partial charge in [0.2, 0.25) is 0 Å². The van der Waals surface area contributed by atoms with Crippen LogP contribution in [0.4, 0.5) is 0 Å². The lowest BCUT2D eigenvalue weighted by Crippen LogP contribution is -2.09. The molecule has 0 aliphatic carbocycles. The third kappa shape index (κ3) is 3.89. The van der Waals surface area contributed by atoms with E-state index in [-0.39, 0.29) is 11.1 Å². The largest absolute Gasteiger partial charge is 0.507 e. The van der Waals surface area contributed by atoms with Gasteiger partial charge in [0.1, 0.15) is 5.76 Å². The van der Waals surface area contributed by atoms with Crippen LogP contribution >= 0.6 is 11.6 Å². The molecule has 0 atom stereocenters. The number of aliphatic hydroxyl groups excluding tert-OH is 1. The molecule has 3 N–H and O–H groups in total. The second-order valence-electron chi connectivity index (χ2n) is 6.03. The summed E-state index contributed by atoms with van der Waals surface area (Å²) in [6.45, 7) is 0.359. The number of fused-ring (bicyclic) bond motifs is 1. The van der Waals surface area contributed by atoms with Crippen molar-refractivity contribution in [1.29, 1.82) is 0 Å². The maximum Gasteiger partial charge on any atom is 0.376 e. The van der Waals surface area contributed by atoms with Crippen LogP contribution in [0.1, 0.15) is 21.5 Å². The third-order valence-corrected chi connectivity index (χ3v) is 4.39. The number of carbonyl (C=O) groups excluding carboxylic acids is 1. The van der Waals surface area contributed by atoms with Gasteiger partial charge >= 0.3 is 11.9 Å². The highest BCUT2D eigenvalue weighted by Crippen LogP contribution is 2.29. The molecule has 0 aliphatic rings. The van der Waals surface area contributed by atoms with Crippen molar-refractivity contribution in [2.45, 2.75) is 6.54 Å². The van der Waals surface area contributed by atoms with Crippen LogP contribution < -0.4 is 0 Å². The number of aliphatic carboxylic acids is 1. The van der Waals surface area contributed by atoms with E-state index < -0.39 is 23.5 Å². The van der Waals surface area contributed by atoms with Crippen molar-refractivity contribution >= 4 is 46.0 Å². The van der Waals surface area contributed by atoms with E-state index in [1.165, 1.54) is 12.1 Å². The van der Waals surface area contributed by atoms with E-state index in [0.717, 1.165) is 5.56 Å². The minimum absolute atomic E-state index is 0.168. The number of aromatic nitrogens is 1. The fourth-order valence-electron chi connectivity index (χ4n) is 2.82. The van der Waals surface area contributed by atoms with Crippen LogP contribution in [0.5, 0.6) is 0 Å². The van der Waals surface area contributed by atoms with Gasteiger partial charge in [-0.2, -0.15) is 0 Å². The summed E-state index contributed by atoms with van der Waals surface area (Å²) in [6.07, 6.45) is 2.22. The number of carbonyl (C=O) groups is 3. The van der Waals surface area contributed by atoms with Crippen molar-refractivity contribution in [1.82, 2.24) is 4.57 Å². The Balaban J connectivity index is 2.05. The maximum absolute atomic E-state index is 11.4. The zero-order valence-corrected chi connectivity index (χ0v) is 15.1. The highest BCUT2D eigenvalue weighted by molar-refractivity contribution is 6.38. The molecule has 1 heterocycles. The number of rotatable bonds is 6. The molecule has 142 valence electrons. The van der Waals surface area contributed by atoms with Crippen LogP contribution in [-0.4, -0.2) is 37.6 Å². The van der Waals surface area contributed by atoms with Crippen molar-refractivity contribution in [3.63, 3.8) is 0 Å². The second kappa shape index (κ2) is 7.58. The van der Waals surface area contributed by atoms with E-state index in [1.54, 1.807) is 41.1 Å². The van der Waals surface area contributed by atoms with Crippen LogP contribution in [0, 0.1) is 0 Å². The van der Waals surface area contributed by atoms with Gasteiger partial charge in [0.05, 0.1) is 5.56 Å². The monoisotopic (exact) mass is 399 g/mol. The lowest BCUT2D eigenvalue weighted by Gasteiger charge is -2.06. The molecule has 0 fully saturated rings. The summed E-state index contributed by atoms with van der Waals surface area (Å²) in [7, 11) is 0. The number of nitrogens with zero attached hydrogens (tertiary/aromatic N) is 1.